The third-order valence-electron chi connectivity index (χ3n) is 3.78. The third-order valence-corrected chi connectivity index (χ3v) is 5.87. The van der Waals surface area contributed by atoms with Crippen LogP contribution in [0.15, 0.2) is 22.7 Å². The van der Waals surface area contributed by atoms with E-state index in [0.717, 1.165) is 22.4 Å². The molecule has 2 aromatic rings. The van der Waals surface area contributed by atoms with Crippen LogP contribution in [0.3, 0.4) is 0 Å². The van der Waals surface area contributed by atoms with E-state index in [9.17, 15) is 0 Å². The van der Waals surface area contributed by atoms with Crippen molar-refractivity contribution in [2.45, 2.75) is 36.4 Å². The summed E-state index contributed by atoms with van der Waals surface area (Å²) in [6.07, 6.45) is 4.78. The van der Waals surface area contributed by atoms with Crippen molar-refractivity contribution in [3.63, 3.8) is 0 Å². The Morgan fingerprint density at radius 1 is 1.53 bits per heavy atom. The van der Waals surface area contributed by atoms with E-state index >= 15 is 0 Å². The van der Waals surface area contributed by atoms with Gasteiger partial charge in [-0.3, -0.25) is 0 Å². The predicted octanol–water partition coefficient (Wildman–Crippen LogP) is 4.99. The first-order chi connectivity index (χ1) is 9.04. The molecule has 0 radical (unpaired) electrons. The Morgan fingerprint density at radius 2 is 2.26 bits per heavy atom. The maximum Gasteiger partial charge on any atom is 0.127 e. The molecule has 2 nitrogen and oxygen atoms in total. The van der Waals surface area contributed by atoms with Crippen molar-refractivity contribution < 1.29 is 0 Å². The van der Waals surface area contributed by atoms with Crippen molar-refractivity contribution in [3.8, 4) is 0 Å². The van der Waals surface area contributed by atoms with Crippen LogP contribution in [0.1, 0.15) is 31.0 Å². The summed E-state index contributed by atoms with van der Waals surface area (Å²) in [5.41, 5.74) is 2.21. The third kappa shape index (κ3) is 2.55. The van der Waals surface area contributed by atoms with Crippen LogP contribution in [-0.2, 0) is 6.54 Å². The predicted molar refractivity (Wildman–Crippen MR) is 87.2 cm³/mol. The molecule has 1 heterocycles. The first-order valence-corrected chi connectivity index (χ1v) is 8.85. The Hall–Kier alpha value is -0.190. The molecule has 1 aromatic heterocycles. The van der Waals surface area contributed by atoms with Gasteiger partial charge in [0.15, 0.2) is 0 Å². The van der Waals surface area contributed by atoms with Crippen LogP contribution in [0.2, 0.25) is 0 Å². The minimum atomic E-state index is -0.0659. The molecule has 1 atom stereocenters. The lowest BCUT2D eigenvalue weighted by atomic mass is 10.3. The second-order valence-electron chi connectivity index (χ2n) is 5.19. The molecule has 19 heavy (non-hydrogen) atoms. The average Bonchev–Trinajstić information content (AvgIpc) is 3.07. The molecule has 0 saturated heterocycles. The minimum Gasteiger partial charge on any atom is -0.325 e. The van der Waals surface area contributed by atoms with Gasteiger partial charge in [0.1, 0.15) is 5.82 Å². The van der Waals surface area contributed by atoms with E-state index in [2.05, 4.69) is 38.9 Å². The number of imidazole rings is 1. The van der Waals surface area contributed by atoms with Crippen molar-refractivity contribution in [3.05, 3.63) is 28.5 Å². The van der Waals surface area contributed by atoms with Gasteiger partial charge in [0.2, 0.25) is 0 Å². The SMILES string of the molecule is CSC1(Cn2c(C(C)Cl)nc3ccc(Br)cc32)CC1. The minimum absolute atomic E-state index is 0.0659. The van der Waals surface area contributed by atoms with Gasteiger partial charge >= 0.3 is 0 Å². The zero-order valence-corrected chi connectivity index (χ0v) is 14.1. The summed E-state index contributed by atoms with van der Waals surface area (Å²) in [7, 11) is 0. The summed E-state index contributed by atoms with van der Waals surface area (Å²) in [6, 6.07) is 6.22. The fourth-order valence-electron chi connectivity index (χ4n) is 2.44. The Kier molecular flexibility index (Phi) is 3.61. The van der Waals surface area contributed by atoms with Gasteiger partial charge in [-0.15, -0.1) is 11.6 Å². The number of hydrogen-bond acceptors (Lipinski definition) is 2. The molecule has 0 amide bonds. The number of hydrogen-bond donors (Lipinski definition) is 0. The maximum atomic E-state index is 6.31. The zero-order valence-electron chi connectivity index (χ0n) is 11.0. The van der Waals surface area contributed by atoms with E-state index in [1.54, 1.807) is 0 Å². The van der Waals surface area contributed by atoms with Crippen molar-refractivity contribution in [1.82, 2.24) is 9.55 Å². The van der Waals surface area contributed by atoms with E-state index in [1.807, 2.05) is 24.8 Å². The lowest BCUT2D eigenvalue weighted by Gasteiger charge is -2.17. The molecule has 0 spiro atoms. The number of halogens is 2. The first-order valence-electron chi connectivity index (χ1n) is 6.39. The van der Waals surface area contributed by atoms with Gasteiger partial charge in [-0.1, -0.05) is 15.9 Å². The summed E-state index contributed by atoms with van der Waals surface area (Å²) in [5.74, 6) is 0.982. The second-order valence-corrected chi connectivity index (χ2v) is 8.04. The number of thioether (sulfide) groups is 1. The van der Waals surface area contributed by atoms with Gasteiger partial charge in [-0.2, -0.15) is 11.8 Å². The average molecular weight is 360 g/mol. The van der Waals surface area contributed by atoms with E-state index in [1.165, 1.54) is 18.4 Å². The number of alkyl halides is 1. The topological polar surface area (TPSA) is 17.8 Å². The van der Waals surface area contributed by atoms with Crippen molar-refractivity contribution >= 4 is 50.3 Å². The van der Waals surface area contributed by atoms with E-state index in [-0.39, 0.29) is 5.38 Å². The van der Waals surface area contributed by atoms with Gasteiger partial charge in [0.25, 0.3) is 0 Å². The van der Waals surface area contributed by atoms with Crippen LogP contribution in [0.4, 0.5) is 0 Å². The Bertz CT molecular complexity index is 619. The van der Waals surface area contributed by atoms with Crippen molar-refractivity contribution in [2.24, 2.45) is 0 Å². The molecule has 1 aliphatic carbocycles. The molecule has 1 unspecified atom stereocenters. The lowest BCUT2D eigenvalue weighted by molar-refractivity contribution is 0.639. The smallest absolute Gasteiger partial charge is 0.127 e. The summed E-state index contributed by atoms with van der Waals surface area (Å²) in [6.45, 7) is 3.00. The molecule has 0 aliphatic heterocycles. The molecule has 0 N–H and O–H groups in total. The van der Waals surface area contributed by atoms with Crippen molar-refractivity contribution in [2.75, 3.05) is 6.26 Å². The van der Waals surface area contributed by atoms with Crippen LogP contribution in [-0.4, -0.2) is 20.6 Å². The fourth-order valence-corrected chi connectivity index (χ4v) is 3.72. The number of benzene rings is 1. The number of fused-ring (bicyclic) bond motifs is 1. The summed E-state index contributed by atoms with van der Waals surface area (Å²) in [4.78, 5) is 4.70. The molecule has 3 rings (SSSR count). The highest BCUT2D eigenvalue weighted by Crippen LogP contribution is 2.49. The monoisotopic (exact) mass is 358 g/mol. The van der Waals surface area contributed by atoms with Gasteiger partial charge in [-0.05, 0) is 44.2 Å². The lowest BCUT2D eigenvalue weighted by Crippen LogP contribution is -2.16. The van der Waals surface area contributed by atoms with E-state index < -0.39 is 0 Å². The molecule has 0 bridgehead atoms. The maximum absolute atomic E-state index is 6.31. The van der Waals surface area contributed by atoms with Crippen LogP contribution in [0, 0.1) is 0 Å². The molecule has 102 valence electrons. The molecule has 1 aliphatic rings. The quantitative estimate of drug-likeness (QED) is 0.715. The highest BCUT2D eigenvalue weighted by atomic mass is 79.9. The Labute approximate surface area is 131 Å². The van der Waals surface area contributed by atoms with Gasteiger partial charge in [0, 0.05) is 15.8 Å². The summed E-state index contributed by atoms with van der Waals surface area (Å²) >= 11 is 11.8. The van der Waals surface area contributed by atoms with Crippen LogP contribution >= 0.6 is 39.3 Å². The summed E-state index contributed by atoms with van der Waals surface area (Å²) < 4.78 is 3.79. The number of rotatable bonds is 4. The largest absolute Gasteiger partial charge is 0.325 e. The molecule has 5 heteroatoms. The molecule has 1 fully saturated rings. The number of aromatic nitrogens is 2. The van der Waals surface area contributed by atoms with Crippen LogP contribution in [0.5, 0.6) is 0 Å². The van der Waals surface area contributed by atoms with Gasteiger partial charge < -0.3 is 4.57 Å². The van der Waals surface area contributed by atoms with Gasteiger partial charge in [-0.25, -0.2) is 4.98 Å². The highest BCUT2D eigenvalue weighted by Gasteiger charge is 2.43. The Morgan fingerprint density at radius 3 is 2.84 bits per heavy atom. The highest BCUT2D eigenvalue weighted by molar-refractivity contribution is 9.10. The first kappa shape index (κ1) is 13.8. The zero-order chi connectivity index (χ0) is 13.6. The van der Waals surface area contributed by atoms with Crippen LogP contribution in [0.25, 0.3) is 11.0 Å². The molecular weight excluding hydrogens is 344 g/mol. The van der Waals surface area contributed by atoms with E-state index in [0.29, 0.717) is 4.75 Å². The Balaban J connectivity index is 2.13. The standard InChI is InChI=1S/C14H16BrClN2S/c1-9(16)13-17-11-4-3-10(15)7-12(11)18(13)8-14(19-2)5-6-14/h3-4,7,9H,5-6,8H2,1-2H3. The summed E-state index contributed by atoms with van der Waals surface area (Å²) in [5, 5.41) is -0.0659. The van der Waals surface area contributed by atoms with Crippen molar-refractivity contribution in [1.29, 1.82) is 0 Å². The van der Waals surface area contributed by atoms with E-state index in [4.69, 9.17) is 16.6 Å². The second kappa shape index (κ2) is 4.97. The number of nitrogens with zero attached hydrogens (tertiary/aromatic N) is 2. The molecular formula is C14H16BrClN2S. The van der Waals surface area contributed by atoms with Crippen LogP contribution < -0.4 is 0 Å². The fraction of sp³-hybridized carbons (Fsp3) is 0.500. The molecule has 1 aromatic carbocycles. The normalized spacial score (nSPS) is 18.7. The van der Waals surface area contributed by atoms with Gasteiger partial charge in [0.05, 0.1) is 16.4 Å². The molecule has 1 saturated carbocycles.